The molecule has 0 aromatic heterocycles. The fraction of sp³-hybridized carbons (Fsp3) is 0. The lowest BCUT2D eigenvalue weighted by Crippen LogP contribution is -1.95. The average molecular weight is 1030 g/mol. The Hall–Kier alpha value is -10.2. The summed E-state index contributed by atoms with van der Waals surface area (Å²) in [5.74, 6) is -2.50. The molecule has 0 heterocycles. The first kappa shape index (κ1) is 44.9. The second-order valence-electron chi connectivity index (χ2n) is 21.4. The molecule has 80 heavy (non-hydrogen) atoms. The largest absolute Gasteiger partial charge is 0.207 e. The van der Waals surface area contributed by atoms with Crippen molar-refractivity contribution in [2.24, 2.45) is 0 Å². The predicted molar refractivity (Wildman–Crippen MR) is 324 cm³/mol. The van der Waals surface area contributed by atoms with Gasteiger partial charge >= 0.3 is 0 Å². The van der Waals surface area contributed by atoms with Gasteiger partial charge in [-0.2, -0.15) is 0 Å². The van der Waals surface area contributed by atoms with Crippen LogP contribution in [0, 0.1) is 23.3 Å². The van der Waals surface area contributed by atoms with Crippen molar-refractivity contribution in [2.45, 2.75) is 0 Å². The summed E-state index contributed by atoms with van der Waals surface area (Å²) >= 11 is 0. The summed E-state index contributed by atoms with van der Waals surface area (Å²) in [6.45, 7) is 0. The zero-order chi connectivity index (χ0) is 53.1. The first-order valence-electron chi connectivity index (χ1n) is 27.0. The molecular formula is C76H40F4. The molecule has 0 amide bonds. The molecule has 0 aliphatic heterocycles. The fourth-order valence-electron chi connectivity index (χ4n) is 14.4. The van der Waals surface area contributed by atoms with Crippen LogP contribution in [-0.4, -0.2) is 0 Å². The van der Waals surface area contributed by atoms with Crippen LogP contribution in [0.25, 0.3) is 176 Å². The van der Waals surface area contributed by atoms with E-state index in [2.05, 4.69) is 170 Å². The molecule has 15 aromatic rings. The summed E-state index contributed by atoms with van der Waals surface area (Å²) in [6, 6.07) is 80.5. The number of benzene rings is 15. The molecule has 0 unspecified atom stereocenters. The minimum Gasteiger partial charge on any atom is -0.207 e. The van der Waals surface area contributed by atoms with Crippen molar-refractivity contribution in [3.8, 4) is 111 Å². The number of hydrogen-bond acceptors (Lipinski definition) is 0. The van der Waals surface area contributed by atoms with Crippen molar-refractivity contribution in [2.75, 3.05) is 0 Å². The van der Waals surface area contributed by atoms with E-state index in [0.717, 1.165) is 155 Å². The van der Waals surface area contributed by atoms with E-state index in [1.165, 1.54) is 45.8 Å². The van der Waals surface area contributed by atoms with Crippen molar-refractivity contribution in [3.05, 3.63) is 266 Å². The molecule has 15 aromatic carbocycles. The standard InChI is InChI=1S/C76H40F4/c77-45-35-43(36-46(78)39-45)49-19-7-9-21-51(49)69-55-25-13-11-23-53(55)65(41-15-3-1-4-16-41)73-61-31-27-57-60-30-34-64-72-62(32-28-58(68(60)72)59-29-33-63(75(69)73)71(61)67(57)59)74-66(42-17-5-2-6-18-42)54-24-12-14-26-56(54)70(76(64)74)52-22-10-8-20-50(52)44-37-47(79)40-48(80)38-44/h1-40H. The van der Waals surface area contributed by atoms with Crippen LogP contribution in [0.4, 0.5) is 17.6 Å². The summed E-state index contributed by atoms with van der Waals surface area (Å²) in [5, 5.41) is 13.6. The first-order chi connectivity index (χ1) is 39.4. The topological polar surface area (TPSA) is 0 Å². The van der Waals surface area contributed by atoms with Gasteiger partial charge in [0.15, 0.2) is 0 Å². The van der Waals surface area contributed by atoms with E-state index in [9.17, 15) is 0 Å². The third kappa shape index (κ3) is 6.16. The van der Waals surface area contributed by atoms with Gasteiger partial charge in [0.1, 0.15) is 23.3 Å². The Morgan fingerprint density at radius 2 is 0.438 bits per heavy atom. The van der Waals surface area contributed by atoms with E-state index in [1.54, 1.807) is 0 Å². The van der Waals surface area contributed by atoms with Gasteiger partial charge < -0.3 is 0 Å². The van der Waals surface area contributed by atoms with E-state index in [1.807, 2.05) is 36.4 Å². The second-order valence-corrected chi connectivity index (χ2v) is 21.4. The summed E-state index contributed by atoms with van der Waals surface area (Å²) < 4.78 is 60.7. The van der Waals surface area contributed by atoms with Gasteiger partial charge in [-0.05, 0) is 200 Å². The molecule has 0 N–H and O–H groups in total. The lowest BCUT2D eigenvalue weighted by atomic mass is 9.81. The van der Waals surface area contributed by atoms with Crippen molar-refractivity contribution in [1.82, 2.24) is 0 Å². The fourth-order valence-corrected chi connectivity index (χ4v) is 14.4. The highest BCUT2D eigenvalue weighted by atomic mass is 19.1. The molecule has 0 bridgehead atoms. The van der Waals surface area contributed by atoms with Crippen LogP contribution < -0.4 is 0 Å². The van der Waals surface area contributed by atoms with Crippen molar-refractivity contribution >= 4 is 64.6 Å². The van der Waals surface area contributed by atoms with Crippen molar-refractivity contribution < 1.29 is 17.6 Å². The average Bonchev–Trinajstić information content (AvgIpc) is 3.54. The van der Waals surface area contributed by atoms with E-state index in [4.69, 9.17) is 0 Å². The Morgan fingerprint density at radius 1 is 0.163 bits per heavy atom. The number of halogens is 4. The number of hydrogen-bond donors (Lipinski definition) is 0. The molecule has 0 saturated carbocycles. The van der Waals surface area contributed by atoms with Crippen LogP contribution in [0.2, 0.25) is 0 Å². The molecule has 0 atom stereocenters. The van der Waals surface area contributed by atoms with Gasteiger partial charge in [0.2, 0.25) is 0 Å². The van der Waals surface area contributed by atoms with Gasteiger partial charge in [0.05, 0.1) is 0 Å². The zero-order valence-corrected chi connectivity index (χ0v) is 42.6. The van der Waals surface area contributed by atoms with Crippen LogP contribution in [0.1, 0.15) is 0 Å². The quantitative estimate of drug-likeness (QED) is 0.0885. The summed E-state index contributed by atoms with van der Waals surface area (Å²) in [7, 11) is 0. The van der Waals surface area contributed by atoms with Gasteiger partial charge in [0, 0.05) is 12.1 Å². The van der Waals surface area contributed by atoms with Crippen molar-refractivity contribution in [3.63, 3.8) is 0 Å². The maximum Gasteiger partial charge on any atom is 0.126 e. The summed E-state index contributed by atoms with van der Waals surface area (Å²) in [6.07, 6.45) is 0. The van der Waals surface area contributed by atoms with E-state index >= 15 is 17.6 Å². The Kier molecular flexibility index (Phi) is 9.36. The second kappa shape index (κ2) is 16.7. The van der Waals surface area contributed by atoms with Gasteiger partial charge in [-0.25, -0.2) is 17.6 Å². The molecule has 0 saturated heterocycles. The number of fused-ring (bicyclic) bond motifs is 10. The minimum absolute atomic E-state index is 0.473. The highest BCUT2D eigenvalue weighted by molar-refractivity contribution is 6.42. The first-order valence-corrected chi connectivity index (χ1v) is 27.0. The summed E-state index contributed by atoms with van der Waals surface area (Å²) in [4.78, 5) is 0. The Balaban J connectivity index is 0.983. The maximum absolute atomic E-state index is 15.2. The molecule has 0 nitrogen and oxygen atoms in total. The van der Waals surface area contributed by atoms with E-state index in [-0.39, 0.29) is 0 Å². The monoisotopic (exact) mass is 1030 g/mol. The predicted octanol–water partition coefficient (Wildman–Crippen LogP) is 21.9. The van der Waals surface area contributed by atoms with Crippen molar-refractivity contribution in [1.29, 1.82) is 0 Å². The molecule has 2 aliphatic rings. The van der Waals surface area contributed by atoms with E-state index in [0.29, 0.717) is 11.1 Å². The molecule has 0 radical (unpaired) electrons. The Labute approximate surface area is 457 Å². The van der Waals surface area contributed by atoms with Gasteiger partial charge in [-0.3, -0.25) is 0 Å². The van der Waals surface area contributed by atoms with Gasteiger partial charge in [-0.15, -0.1) is 0 Å². The molecular weight excluding hydrogens is 989 g/mol. The lowest BCUT2D eigenvalue weighted by Gasteiger charge is -2.22. The lowest BCUT2D eigenvalue weighted by molar-refractivity contribution is 0.583. The van der Waals surface area contributed by atoms with Crippen LogP contribution >= 0.6 is 0 Å². The molecule has 0 fully saturated rings. The molecule has 4 heteroatoms. The third-order valence-corrected chi connectivity index (χ3v) is 17.3. The van der Waals surface area contributed by atoms with Gasteiger partial charge in [-0.1, -0.05) is 206 Å². The van der Waals surface area contributed by atoms with Gasteiger partial charge in [0.25, 0.3) is 0 Å². The minimum atomic E-state index is -0.626. The molecule has 17 rings (SSSR count). The normalized spacial score (nSPS) is 12.2. The molecule has 2 aliphatic carbocycles. The van der Waals surface area contributed by atoms with Crippen LogP contribution in [0.5, 0.6) is 0 Å². The Bertz CT molecular complexity index is 4820. The van der Waals surface area contributed by atoms with E-state index < -0.39 is 23.3 Å². The van der Waals surface area contributed by atoms with Crippen LogP contribution in [-0.2, 0) is 0 Å². The molecule has 0 spiro atoms. The Morgan fingerprint density at radius 3 is 0.775 bits per heavy atom. The zero-order valence-electron chi connectivity index (χ0n) is 42.6. The number of rotatable bonds is 6. The highest BCUT2D eigenvalue weighted by Gasteiger charge is 2.36. The van der Waals surface area contributed by atoms with Crippen LogP contribution in [0.15, 0.2) is 243 Å². The maximum atomic E-state index is 15.2. The highest BCUT2D eigenvalue weighted by Crippen LogP contribution is 2.63. The smallest absolute Gasteiger partial charge is 0.126 e. The SMILES string of the molecule is Fc1cc(F)cc(-c2ccccc2-c2c3c(c(-c4ccccc4)c4ccccc24)-c2ccc4c5ccc6c7c(ccc(c8ccc-3c2c48)c75)-c2c-6c(-c3ccccc3-c3cc(F)cc(F)c3)c3ccccc3c2-c2ccccc2)c1. The summed E-state index contributed by atoms with van der Waals surface area (Å²) in [5.41, 5.74) is 19.7. The molecule has 372 valence electrons. The van der Waals surface area contributed by atoms with Crippen LogP contribution in [0.3, 0.4) is 0 Å². The third-order valence-electron chi connectivity index (χ3n) is 17.3.